The Balaban J connectivity index is 1.65. The Morgan fingerprint density at radius 2 is 1.85 bits per heavy atom. The molecule has 0 saturated heterocycles. The van der Waals surface area contributed by atoms with E-state index in [1.54, 1.807) is 30.0 Å². The van der Waals surface area contributed by atoms with E-state index in [0.29, 0.717) is 27.9 Å². The third-order valence-corrected chi connectivity index (χ3v) is 5.69. The van der Waals surface area contributed by atoms with E-state index in [1.807, 2.05) is 0 Å². The summed E-state index contributed by atoms with van der Waals surface area (Å²) in [6.45, 7) is 6.28. The van der Waals surface area contributed by atoms with Gasteiger partial charge in [-0.05, 0) is 62.2 Å². The Labute approximate surface area is 173 Å². The topological polar surface area (TPSA) is 42.0 Å². The van der Waals surface area contributed by atoms with Crippen LogP contribution in [0.4, 0.5) is 5.69 Å². The van der Waals surface area contributed by atoms with Crippen molar-refractivity contribution in [1.82, 2.24) is 4.98 Å². The number of anilines is 1. The molecule has 0 unspecified atom stereocenters. The number of nitrogens with zero attached hydrogens (tertiary/aromatic N) is 1. The van der Waals surface area contributed by atoms with Crippen molar-refractivity contribution in [2.45, 2.75) is 32.2 Å². The lowest BCUT2D eigenvalue weighted by molar-refractivity contribution is -0.115. The summed E-state index contributed by atoms with van der Waals surface area (Å²) >= 11 is 13.6. The highest BCUT2D eigenvalue weighted by molar-refractivity contribution is 7.99. The summed E-state index contributed by atoms with van der Waals surface area (Å²) in [4.78, 5) is 17.0. The number of fused-ring (bicyclic) bond motifs is 1. The molecule has 140 valence electrons. The number of hydrogen-bond donors (Lipinski definition) is 1. The normalized spacial score (nSPS) is 11.0. The molecule has 0 bridgehead atoms. The van der Waals surface area contributed by atoms with E-state index in [-0.39, 0.29) is 5.91 Å². The van der Waals surface area contributed by atoms with E-state index in [9.17, 15) is 4.79 Å². The van der Waals surface area contributed by atoms with Gasteiger partial charge in [-0.15, -0.1) is 11.8 Å². The monoisotopic (exact) mass is 418 g/mol. The largest absolute Gasteiger partial charge is 0.325 e. The molecule has 2 aromatic carbocycles. The summed E-state index contributed by atoms with van der Waals surface area (Å²) in [6, 6.07) is 11.4. The predicted molar refractivity (Wildman–Crippen MR) is 116 cm³/mol. The van der Waals surface area contributed by atoms with Crippen molar-refractivity contribution >= 4 is 57.5 Å². The van der Waals surface area contributed by atoms with Crippen LogP contribution < -0.4 is 5.32 Å². The fourth-order valence-corrected chi connectivity index (χ4v) is 4.19. The van der Waals surface area contributed by atoms with Crippen LogP contribution in [0.2, 0.25) is 10.0 Å². The fourth-order valence-electron chi connectivity index (χ4n) is 2.94. The maximum atomic E-state index is 12.2. The van der Waals surface area contributed by atoms with Crippen LogP contribution in [0.25, 0.3) is 10.9 Å². The number of pyridine rings is 1. The zero-order valence-electron chi connectivity index (χ0n) is 15.4. The third kappa shape index (κ3) is 4.95. The lowest BCUT2D eigenvalue weighted by atomic mass is 10.0. The number of nitrogens with one attached hydrogen (secondary N) is 1. The molecule has 3 aromatic rings. The minimum absolute atomic E-state index is 0.101. The van der Waals surface area contributed by atoms with E-state index in [2.05, 4.69) is 44.3 Å². The molecule has 1 aromatic heterocycles. The summed E-state index contributed by atoms with van der Waals surface area (Å²) in [5, 5.41) is 5.92. The van der Waals surface area contributed by atoms with Crippen molar-refractivity contribution in [1.29, 1.82) is 0 Å². The SMILES string of the molecule is Cc1cc(C)c2nc(SCCC(=O)Nc3cc(Cl)ccc3Cl)cc(C)c2c1. The predicted octanol–water partition coefficient (Wildman–Crippen LogP) is 6.59. The molecular formula is C21H20Cl2N2OS. The number of aromatic nitrogens is 1. The molecule has 0 saturated carbocycles. The van der Waals surface area contributed by atoms with Crippen molar-refractivity contribution in [2.24, 2.45) is 0 Å². The van der Waals surface area contributed by atoms with Crippen LogP contribution in [0.1, 0.15) is 23.1 Å². The molecule has 0 aliphatic rings. The van der Waals surface area contributed by atoms with E-state index in [4.69, 9.17) is 28.2 Å². The number of thioether (sulfide) groups is 1. The van der Waals surface area contributed by atoms with Crippen LogP contribution in [-0.2, 0) is 4.79 Å². The molecule has 0 aliphatic carbocycles. The van der Waals surface area contributed by atoms with Crippen molar-refractivity contribution < 1.29 is 4.79 Å². The van der Waals surface area contributed by atoms with Gasteiger partial charge in [-0.2, -0.15) is 0 Å². The van der Waals surface area contributed by atoms with Crippen molar-refractivity contribution in [3.05, 3.63) is 63.1 Å². The standard InChI is InChI=1S/C21H20Cl2N2OS/c1-12-8-14(3)21-16(9-12)13(2)10-20(25-21)27-7-6-19(26)24-18-11-15(22)4-5-17(18)23/h4-5,8-11H,6-7H2,1-3H3,(H,24,26). The maximum absolute atomic E-state index is 12.2. The van der Waals surface area contributed by atoms with Crippen LogP contribution in [0, 0.1) is 20.8 Å². The average molecular weight is 419 g/mol. The average Bonchev–Trinajstić information content (AvgIpc) is 2.59. The number of hydrogen-bond acceptors (Lipinski definition) is 3. The highest BCUT2D eigenvalue weighted by Gasteiger charge is 2.10. The van der Waals surface area contributed by atoms with E-state index in [0.717, 1.165) is 10.5 Å². The Kier molecular flexibility index (Phi) is 6.30. The number of carbonyl (C=O) groups excluding carboxylic acids is 1. The molecule has 0 fully saturated rings. The van der Waals surface area contributed by atoms with Gasteiger partial charge in [0.25, 0.3) is 0 Å². The first kappa shape index (κ1) is 20.0. The molecule has 6 heteroatoms. The summed E-state index contributed by atoms with van der Waals surface area (Å²) in [5.41, 5.74) is 5.16. The van der Waals surface area contributed by atoms with Crippen LogP contribution in [0.15, 0.2) is 41.4 Å². The molecule has 1 amide bonds. The summed E-state index contributed by atoms with van der Waals surface area (Å²) < 4.78 is 0. The van der Waals surface area contributed by atoms with E-state index < -0.39 is 0 Å². The van der Waals surface area contributed by atoms with Gasteiger partial charge in [0, 0.05) is 22.6 Å². The first-order valence-electron chi connectivity index (χ1n) is 8.60. The van der Waals surface area contributed by atoms with E-state index in [1.165, 1.54) is 22.1 Å². The number of carbonyl (C=O) groups is 1. The second-order valence-corrected chi connectivity index (χ2v) is 8.49. The Morgan fingerprint density at radius 3 is 2.63 bits per heavy atom. The molecule has 3 nitrogen and oxygen atoms in total. The van der Waals surface area contributed by atoms with Gasteiger partial charge in [-0.1, -0.05) is 34.8 Å². The zero-order chi connectivity index (χ0) is 19.6. The van der Waals surface area contributed by atoms with E-state index >= 15 is 0 Å². The molecular weight excluding hydrogens is 399 g/mol. The summed E-state index contributed by atoms with van der Waals surface area (Å²) in [5.74, 6) is 0.531. The highest BCUT2D eigenvalue weighted by Crippen LogP contribution is 2.28. The quantitative estimate of drug-likeness (QED) is 0.475. The highest BCUT2D eigenvalue weighted by atomic mass is 35.5. The Hall–Kier alpha value is -1.75. The molecule has 1 heterocycles. The minimum Gasteiger partial charge on any atom is -0.325 e. The van der Waals surface area contributed by atoms with Crippen LogP contribution in [0.5, 0.6) is 0 Å². The third-order valence-electron chi connectivity index (χ3n) is 4.21. The van der Waals surface area contributed by atoms with Gasteiger partial charge in [0.2, 0.25) is 5.91 Å². The first-order valence-corrected chi connectivity index (χ1v) is 10.3. The van der Waals surface area contributed by atoms with Crippen LogP contribution >= 0.6 is 35.0 Å². The molecule has 3 rings (SSSR count). The number of amides is 1. The molecule has 27 heavy (non-hydrogen) atoms. The fraction of sp³-hybridized carbons (Fsp3) is 0.238. The van der Waals surface area contributed by atoms with Gasteiger partial charge in [-0.3, -0.25) is 4.79 Å². The zero-order valence-corrected chi connectivity index (χ0v) is 17.7. The lowest BCUT2D eigenvalue weighted by Gasteiger charge is -2.10. The van der Waals surface area contributed by atoms with Crippen LogP contribution in [0.3, 0.4) is 0 Å². The maximum Gasteiger partial charge on any atom is 0.225 e. The minimum atomic E-state index is -0.101. The van der Waals surface area contributed by atoms with Crippen LogP contribution in [-0.4, -0.2) is 16.6 Å². The number of aryl methyl sites for hydroxylation is 3. The first-order chi connectivity index (χ1) is 12.8. The molecule has 0 atom stereocenters. The number of halogens is 2. The van der Waals surface area contributed by atoms with Gasteiger partial charge in [0.1, 0.15) is 0 Å². The Bertz CT molecular complexity index is 1020. The van der Waals surface area contributed by atoms with Gasteiger partial charge in [0.15, 0.2) is 0 Å². The van der Waals surface area contributed by atoms with Crippen molar-refractivity contribution in [2.75, 3.05) is 11.1 Å². The van der Waals surface area contributed by atoms with Gasteiger partial charge in [-0.25, -0.2) is 4.98 Å². The smallest absolute Gasteiger partial charge is 0.225 e. The van der Waals surface area contributed by atoms with Gasteiger partial charge < -0.3 is 5.32 Å². The van der Waals surface area contributed by atoms with Crippen molar-refractivity contribution in [3.63, 3.8) is 0 Å². The molecule has 0 radical (unpaired) electrons. The lowest BCUT2D eigenvalue weighted by Crippen LogP contribution is -2.12. The van der Waals surface area contributed by atoms with Gasteiger partial charge >= 0.3 is 0 Å². The second-order valence-electron chi connectivity index (χ2n) is 6.53. The summed E-state index contributed by atoms with van der Waals surface area (Å²) in [6.07, 6.45) is 0.360. The Morgan fingerprint density at radius 1 is 1.07 bits per heavy atom. The number of rotatable bonds is 5. The molecule has 0 spiro atoms. The second kappa shape index (κ2) is 8.51. The molecule has 1 N–H and O–H groups in total. The van der Waals surface area contributed by atoms with Crippen molar-refractivity contribution in [3.8, 4) is 0 Å². The number of benzene rings is 2. The molecule has 0 aliphatic heterocycles. The summed E-state index contributed by atoms with van der Waals surface area (Å²) in [7, 11) is 0. The van der Waals surface area contributed by atoms with Gasteiger partial charge in [0.05, 0.1) is 21.3 Å².